The van der Waals surface area contributed by atoms with Gasteiger partial charge in [0, 0.05) is 18.5 Å². The van der Waals surface area contributed by atoms with Crippen LogP contribution in [0.15, 0.2) is 97.1 Å². The van der Waals surface area contributed by atoms with E-state index in [4.69, 9.17) is 9.47 Å². The Labute approximate surface area is 289 Å². The van der Waals surface area contributed by atoms with Crippen LogP contribution in [0.2, 0.25) is 0 Å². The highest BCUT2D eigenvalue weighted by Gasteiger charge is 2.39. The first kappa shape index (κ1) is 36.0. The highest BCUT2D eigenvalue weighted by atomic mass is 19.4. The van der Waals surface area contributed by atoms with Gasteiger partial charge in [-0.25, -0.2) is 9.59 Å². The standard InChI is InChI=1S/C39H40F3N3O5/c1-38(2,3)44-37(48)45-21-20-29-16-19-31(50-24-26-12-17-30(18-13-26)39(40,41)42)23-32(29)34(45)35(46)43-33(36(47)49-4)22-25-10-14-28(15-11-25)27-8-6-5-7-9-27/h5-19,23,33-34H,20-22,24H2,1-4H3,(H,43,46)(H,44,48)/t33-,34?/m0/s1. The van der Waals surface area contributed by atoms with Crippen LogP contribution in [0, 0.1) is 0 Å². The molecule has 3 amide bonds. The van der Waals surface area contributed by atoms with Crippen molar-refractivity contribution in [1.29, 1.82) is 0 Å². The summed E-state index contributed by atoms with van der Waals surface area (Å²) in [5.41, 5.74) is 3.35. The summed E-state index contributed by atoms with van der Waals surface area (Å²) in [6.45, 7) is 5.72. The van der Waals surface area contributed by atoms with Gasteiger partial charge in [0.25, 0.3) is 0 Å². The van der Waals surface area contributed by atoms with Crippen LogP contribution < -0.4 is 15.4 Å². The van der Waals surface area contributed by atoms with E-state index in [-0.39, 0.29) is 19.6 Å². The second kappa shape index (κ2) is 15.1. The number of carbonyl (C=O) groups excluding carboxylic acids is 3. The molecule has 262 valence electrons. The van der Waals surface area contributed by atoms with Crippen LogP contribution in [0.4, 0.5) is 18.0 Å². The smallest absolute Gasteiger partial charge is 0.416 e. The lowest BCUT2D eigenvalue weighted by atomic mass is 9.91. The third-order valence-corrected chi connectivity index (χ3v) is 8.33. The Kier molecular flexibility index (Phi) is 10.8. The van der Waals surface area contributed by atoms with Crippen molar-refractivity contribution in [2.45, 2.75) is 64.0 Å². The van der Waals surface area contributed by atoms with Crippen LogP contribution in [0.1, 0.15) is 54.6 Å². The molecule has 2 atom stereocenters. The maximum absolute atomic E-state index is 14.2. The first-order chi connectivity index (χ1) is 23.7. The molecule has 8 nitrogen and oxygen atoms in total. The Balaban J connectivity index is 1.40. The predicted molar refractivity (Wildman–Crippen MR) is 183 cm³/mol. The van der Waals surface area contributed by atoms with E-state index in [0.29, 0.717) is 23.3 Å². The SMILES string of the molecule is COC(=O)[C@H](Cc1ccc(-c2ccccc2)cc1)NC(=O)C1c2cc(OCc3ccc(C(F)(F)F)cc3)ccc2CCN1C(=O)NC(C)(C)C. The number of amides is 3. The summed E-state index contributed by atoms with van der Waals surface area (Å²) in [7, 11) is 1.25. The number of methoxy groups -OCH3 is 1. The van der Waals surface area contributed by atoms with Gasteiger partial charge in [-0.15, -0.1) is 0 Å². The summed E-state index contributed by atoms with van der Waals surface area (Å²) < 4.78 is 50.1. The molecule has 0 bridgehead atoms. The molecule has 1 heterocycles. The van der Waals surface area contributed by atoms with Crippen LogP contribution >= 0.6 is 0 Å². The minimum absolute atomic E-state index is 0.0184. The van der Waals surface area contributed by atoms with Crippen LogP contribution in [0.5, 0.6) is 5.75 Å². The summed E-state index contributed by atoms with van der Waals surface area (Å²) in [6, 6.07) is 24.8. The van der Waals surface area contributed by atoms with Crippen molar-refractivity contribution < 1.29 is 37.0 Å². The van der Waals surface area contributed by atoms with Gasteiger partial charge >= 0.3 is 18.2 Å². The number of nitrogens with one attached hydrogen (secondary N) is 2. The Morgan fingerprint density at radius 3 is 2.12 bits per heavy atom. The van der Waals surface area contributed by atoms with E-state index < -0.39 is 47.3 Å². The van der Waals surface area contributed by atoms with Gasteiger partial charge in [0.2, 0.25) is 5.91 Å². The first-order valence-electron chi connectivity index (χ1n) is 16.2. The van der Waals surface area contributed by atoms with Crippen LogP contribution in [-0.4, -0.2) is 48.0 Å². The van der Waals surface area contributed by atoms with Gasteiger partial charge in [-0.3, -0.25) is 4.79 Å². The second-order valence-corrected chi connectivity index (χ2v) is 13.2. The maximum Gasteiger partial charge on any atom is 0.416 e. The van der Waals surface area contributed by atoms with Gasteiger partial charge in [-0.2, -0.15) is 13.2 Å². The fourth-order valence-corrected chi connectivity index (χ4v) is 5.82. The van der Waals surface area contributed by atoms with E-state index in [1.807, 2.05) is 81.4 Å². The summed E-state index contributed by atoms with van der Waals surface area (Å²) in [5.74, 6) is -0.852. The van der Waals surface area contributed by atoms with E-state index in [2.05, 4.69) is 10.6 Å². The second-order valence-electron chi connectivity index (χ2n) is 13.2. The fraction of sp³-hybridized carbons (Fsp3) is 0.308. The molecular formula is C39H40F3N3O5. The minimum Gasteiger partial charge on any atom is -0.489 e. The van der Waals surface area contributed by atoms with Crippen LogP contribution in [0.3, 0.4) is 0 Å². The number of fused-ring (bicyclic) bond motifs is 1. The Hall–Kier alpha value is -5.32. The number of benzene rings is 4. The molecule has 1 unspecified atom stereocenters. The molecule has 50 heavy (non-hydrogen) atoms. The van der Waals surface area contributed by atoms with Gasteiger partial charge in [-0.1, -0.05) is 72.8 Å². The number of urea groups is 1. The lowest BCUT2D eigenvalue weighted by molar-refractivity contribution is -0.145. The van der Waals surface area contributed by atoms with Gasteiger partial charge in [0.15, 0.2) is 0 Å². The number of hydrogen-bond donors (Lipinski definition) is 2. The molecule has 2 N–H and O–H groups in total. The molecule has 0 aliphatic carbocycles. The van der Waals surface area contributed by atoms with Crippen molar-refractivity contribution in [1.82, 2.24) is 15.5 Å². The topological polar surface area (TPSA) is 97.0 Å². The zero-order chi connectivity index (χ0) is 36.1. The number of hydrogen-bond acceptors (Lipinski definition) is 5. The Bertz CT molecular complexity index is 1800. The predicted octanol–water partition coefficient (Wildman–Crippen LogP) is 7.26. The number of halogens is 3. The molecular weight excluding hydrogens is 647 g/mol. The number of nitrogens with zero attached hydrogens (tertiary/aromatic N) is 1. The van der Waals surface area contributed by atoms with Gasteiger partial charge in [-0.05, 0) is 84.8 Å². The van der Waals surface area contributed by atoms with Crippen molar-refractivity contribution in [2.24, 2.45) is 0 Å². The number of alkyl halides is 3. The Morgan fingerprint density at radius 1 is 0.860 bits per heavy atom. The van der Waals surface area contributed by atoms with E-state index in [1.165, 1.54) is 24.1 Å². The van der Waals surface area contributed by atoms with Crippen molar-refractivity contribution in [3.8, 4) is 16.9 Å². The van der Waals surface area contributed by atoms with Gasteiger partial charge < -0.3 is 25.0 Å². The average molecular weight is 688 g/mol. The van der Waals surface area contributed by atoms with Crippen molar-refractivity contribution in [2.75, 3.05) is 13.7 Å². The number of esters is 1. The molecule has 11 heteroatoms. The Morgan fingerprint density at radius 2 is 1.50 bits per heavy atom. The van der Waals surface area contributed by atoms with E-state index in [9.17, 15) is 27.6 Å². The molecule has 0 fully saturated rings. The molecule has 0 saturated carbocycles. The summed E-state index contributed by atoms with van der Waals surface area (Å²) in [4.78, 5) is 42.3. The third-order valence-electron chi connectivity index (χ3n) is 8.33. The molecule has 0 radical (unpaired) electrons. The molecule has 1 aliphatic heterocycles. The fourth-order valence-electron chi connectivity index (χ4n) is 5.82. The van der Waals surface area contributed by atoms with Crippen molar-refractivity contribution in [3.05, 3.63) is 125 Å². The monoisotopic (exact) mass is 687 g/mol. The highest BCUT2D eigenvalue weighted by Crippen LogP contribution is 2.34. The van der Waals surface area contributed by atoms with Crippen molar-refractivity contribution >= 4 is 17.9 Å². The van der Waals surface area contributed by atoms with E-state index in [1.54, 1.807) is 12.1 Å². The van der Waals surface area contributed by atoms with Crippen LogP contribution in [0.25, 0.3) is 11.1 Å². The van der Waals surface area contributed by atoms with Crippen molar-refractivity contribution in [3.63, 3.8) is 0 Å². The molecule has 4 aromatic rings. The van der Waals surface area contributed by atoms with E-state index >= 15 is 0 Å². The molecule has 0 spiro atoms. The molecule has 1 aliphatic rings. The molecule has 5 rings (SSSR count). The lowest BCUT2D eigenvalue weighted by Crippen LogP contribution is -2.56. The maximum atomic E-state index is 14.2. The first-order valence-corrected chi connectivity index (χ1v) is 16.2. The summed E-state index contributed by atoms with van der Waals surface area (Å²) in [5, 5.41) is 5.78. The average Bonchev–Trinajstić information content (AvgIpc) is 3.09. The van der Waals surface area contributed by atoms with Gasteiger partial charge in [0.05, 0.1) is 12.7 Å². The quantitative estimate of drug-likeness (QED) is 0.181. The number of ether oxygens (including phenoxy) is 2. The van der Waals surface area contributed by atoms with E-state index in [0.717, 1.165) is 34.4 Å². The van der Waals surface area contributed by atoms with Gasteiger partial charge in [0.1, 0.15) is 24.4 Å². The number of carbonyl (C=O) groups is 3. The third kappa shape index (κ3) is 9.02. The largest absolute Gasteiger partial charge is 0.489 e. The summed E-state index contributed by atoms with van der Waals surface area (Å²) in [6.07, 6.45) is -3.83. The number of rotatable bonds is 9. The molecule has 0 saturated heterocycles. The highest BCUT2D eigenvalue weighted by molar-refractivity contribution is 5.92. The normalized spacial score (nSPS) is 15.0. The molecule has 4 aromatic carbocycles. The lowest BCUT2D eigenvalue weighted by Gasteiger charge is -2.38. The molecule has 0 aromatic heterocycles. The minimum atomic E-state index is -4.45. The zero-order valence-electron chi connectivity index (χ0n) is 28.3. The zero-order valence-corrected chi connectivity index (χ0v) is 28.3. The summed E-state index contributed by atoms with van der Waals surface area (Å²) >= 11 is 0. The van der Waals surface area contributed by atoms with Crippen LogP contribution in [-0.2, 0) is 40.0 Å².